The average molecular weight is 687 g/mol. The second-order valence-corrected chi connectivity index (χ2v) is 10.6. The number of halogens is 1. The first-order valence-corrected chi connectivity index (χ1v) is 14.7. The number of nitrogens with zero attached hydrogens (tertiary/aromatic N) is 8. The van der Waals surface area contributed by atoms with Crippen LogP contribution >= 0.6 is 15.9 Å². The summed E-state index contributed by atoms with van der Waals surface area (Å²) >= 11 is 3.45. The fourth-order valence-corrected chi connectivity index (χ4v) is 5.24. The van der Waals surface area contributed by atoms with E-state index in [0.717, 1.165) is 27.9 Å². The number of aromatic nitrogens is 8. The second-order valence-electron chi connectivity index (χ2n) is 9.87. The Bertz CT molecular complexity index is 1790. The SMILES string of the molecule is COc1cccc(OC)c1-n1c(Br)nnc1-c1cncc(C)c1.COc1cccc(OC)c1-n1c(N)nnc1-c1cncc(C)c1. The fraction of sp³-hybridized carbons (Fsp3) is 0.188. The predicted molar refractivity (Wildman–Crippen MR) is 177 cm³/mol. The molecule has 46 heavy (non-hydrogen) atoms. The average Bonchev–Trinajstić information content (AvgIpc) is 3.65. The lowest BCUT2D eigenvalue weighted by molar-refractivity contribution is 0.391. The molecule has 14 heteroatoms. The van der Waals surface area contributed by atoms with Crippen LogP contribution in [0.4, 0.5) is 5.95 Å². The maximum Gasteiger partial charge on any atom is 0.227 e. The van der Waals surface area contributed by atoms with Gasteiger partial charge >= 0.3 is 0 Å². The van der Waals surface area contributed by atoms with Gasteiger partial charge in [-0.3, -0.25) is 19.1 Å². The molecule has 4 aromatic heterocycles. The summed E-state index contributed by atoms with van der Waals surface area (Å²) in [6.07, 6.45) is 7.04. The molecule has 0 radical (unpaired) electrons. The number of rotatable bonds is 8. The Kier molecular flexibility index (Phi) is 9.76. The lowest BCUT2D eigenvalue weighted by Gasteiger charge is -2.16. The van der Waals surface area contributed by atoms with Crippen molar-refractivity contribution in [1.82, 2.24) is 39.5 Å². The summed E-state index contributed by atoms with van der Waals surface area (Å²) in [5, 5.41) is 16.6. The van der Waals surface area contributed by atoms with E-state index in [9.17, 15) is 0 Å². The summed E-state index contributed by atoms with van der Waals surface area (Å²) in [6.45, 7) is 3.94. The van der Waals surface area contributed by atoms with Crippen molar-refractivity contribution in [2.75, 3.05) is 34.2 Å². The van der Waals surface area contributed by atoms with Crippen molar-refractivity contribution >= 4 is 21.9 Å². The zero-order valence-electron chi connectivity index (χ0n) is 26.1. The van der Waals surface area contributed by atoms with E-state index in [4.69, 9.17) is 24.7 Å². The molecule has 4 heterocycles. The lowest BCUT2D eigenvalue weighted by atomic mass is 10.2. The minimum Gasteiger partial charge on any atom is -0.494 e. The standard InChI is InChI=1S/C16H15BrN4O2.C16H17N5O2/c2*1-10-7-11(9-18-8-10)15-19-20-16(17)21(15)14-12(22-2)5-4-6-13(14)23-3/h4-9H,1-3H3;4-9H,1-3H3,(H2,17,20). The molecule has 13 nitrogen and oxygen atoms in total. The fourth-order valence-electron chi connectivity index (χ4n) is 4.81. The van der Waals surface area contributed by atoms with E-state index in [-0.39, 0.29) is 5.95 Å². The van der Waals surface area contributed by atoms with Crippen molar-refractivity contribution in [2.45, 2.75) is 13.8 Å². The minimum absolute atomic E-state index is 0.240. The second kappa shape index (κ2) is 14.1. The van der Waals surface area contributed by atoms with E-state index in [1.54, 1.807) is 57.8 Å². The number of pyridine rings is 2. The summed E-state index contributed by atoms with van der Waals surface area (Å²) in [5.74, 6) is 4.00. The van der Waals surface area contributed by atoms with Crippen molar-refractivity contribution < 1.29 is 18.9 Å². The molecular weight excluding hydrogens is 654 g/mol. The Labute approximate surface area is 274 Å². The van der Waals surface area contributed by atoms with Crippen LogP contribution in [0.2, 0.25) is 0 Å². The molecule has 0 aliphatic rings. The molecule has 0 atom stereocenters. The van der Waals surface area contributed by atoms with Gasteiger partial charge in [0.05, 0.1) is 28.4 Å². The number of aryl methyl sites for hydroxylation is 2. The summed E-state index contributed by atoms with van der Waals surface area (Å²) in [6, 6.07) is 15.1. The minimum atomic E-state index is 0.240. The Morgan fingerprint density at radius 1 is 0.587 bits per heavy atom. The zero-order valence-corrected chi connectivity index (χ0v) is 27.7. The number of hydrogen-bond acceptors (Lipinski definition) is 11. The highest BCUT2D eigenvalue weighted by molar-refractivity contribution is 9.10. The van der Waals surface area contributed by atoms with Gasteiger partial charge in [0.25, 0.3) is 0 Å². The van der Waals surface area contributed by atoms with E-state index in [2.05, 4.69) is 46.3 Å². The van der Waals surface area contributed by atoms with E-state index < -0.39 is 0 Å². The van der Waals surface area contributed by atoms with Crippen LogP contribution in [0.15, 0.2) is 78.1 Å². The summed E-state index contributed by atoms with van der Waals surface area (Å²) in [5.41, 5.74) is 11.2. The number of para-hydroxylation sites is 2. The maximum absolute atomic E-state index is 6.05. The highest BCUT2D eigenvalue weighted by atomic mass is 79.9. The quantitative estimate of drug-likeness (QED) is 0.212. The number of anilines is 1. The van der Waals surface area contributed by atoms with Crippen LogP contribution < -0.4 is 24.7 Å². The molecule has 0 aliphatic carbocycles. The molecule has 0 unspecified atom stereocenters. The van der Waals surface area contributed by atoms with Crippen molar-refractivity contribution in [1.29, 1.82) is 0 Å². The van der Waals surface area contributed by atoms with E-state index in [1.807, 2.05) is 66.9 Å². The highest BCUT2D eigenvalue weighted by Crippen LogP contribution is 2.38. The maximum atomic E-state index is 6.05. The molecule has 2 N–H and O–H groups in total. The first-order chi connectivity index (χ1) is 22.3. The van der Waals surface area contributed by atoms with E-state index in [1.165, 1.54) is 0 Å². The van der Waals surface area contributed by atoms with Crippen molar-refractivity contribution in [2.24, 2.45) is 0 Å². The molecule has 0 bridgehead atoms. The molecule has 0 spiro atoms. The Balaban J connectivity index is 0.000000181. The van der Waals surface area contributed by atoms with Gasteiger partial charge in [0.1, 0.15) is 34.4 Å². The monoisotopic (exact) mass is 685 g/mol. The van der Waals surface area contributed by atoms with Crippen LogP contribution in [0.25, 0.3) is 34.2 Å². The van der Waals surface area contributed by atoms with Crippen LogP contribution in [-0.2, 0) is 0 Å². The first-order valence-electron chi connectivity index (χ1n) is 13.9. The number of ether oxygens (including phenoxy) is 4. The number of hydrogen-bond donors (Lipinski definition) is 1. The van der Waals surface area contributed by atoms with Gasteiger partial charge in [-0.05, 0) is 77.3 Å². The molecule has 0 saturated heterocycles. The number of methoxy groups -OCH3 is 4. The molecule has 0 fully saturated rings. The van der Waals surface area contributed by atoms with Crippen molar-refractivity contribution in [3.05, 3.63) is 89.2 Å². The Morgan fingerprint density at radius 3 is 1.43 bits per heavy atom. The van der Waals surface area contributed by atoms with Crippen LogP contribution in [0.5, 0.6) is 23.0 Å². The zero-order chi connectivity index (χ0) is 32.8. The van der Waals surface area contributed by atoms with Crippen molar-refractivity contribution in [3.63, 3.8) is 0 Å². The normalized spacial score (nSPS) is 10.6. The molecule has 0 saturated carbocycles. The summed E-state index contributed by atoms with van der Waals surface area (Å²) < 4.78 is 26.0. The van der Waals surface area contributed by atoms with Crippen LogP contribution in [0, 0.1) is 13.8 Å². The largest absolute Gasteiger partial charge is 0.494 e. The van der Waals surface area contributed by atoms with Crippen LogP contribution in [0.1, 0.15) is 11.1 Å². The van der Waals surface area contributed by atoms with Gasteiger partial charge < -0.3 is 24.7 Å². The molecule has 0 aliphatic heterocycles. The van der Waals surface area contributed by atoms with Gasteiger partial charge in [-0.1, -0.05) is 12.1 Å². The summed E-state index contributed by atoms with van der Waals surface area (Å²) in [7, 11) is 6.41. The molecule has 6 rings (SSSR count). The highest BCUT2D eigenvalue weighted by Gasteiger charge is 2.22. The third kappa shape index (κ3) is 6.33. The van der Waals surface area contributed by atoms with Gasteiger partial charge in [0.2, 0.25) is 10.7 Å². The number of benzene rings is 2. The molecular formula is C32H32BrN9O4. The van der Waals surface area contributed by atoms with Gasteiger partial charge in [-0.2, -0.15) is 0 Å². The van der Waals surface area contributed by atoms with Crippen molar-refractivity contribution in [3.8, 4) is 57.1 Å². The smallest absolute Gasteiger partial charge is 0.227 e. The predicted octanol–water partition coefficient (Wildman–Crippen LogP) is 5.65. The topological polar surface area (TPSA) is 150 Å². The van der Waals surface area contributed by atoms with Crippen LogP contribution in [0.3, 0.4) is 0 Å². The van der Waals surface area contributed by atoms with Crippen LogP contribution in [-0.4, -0.2) is 67.9 Å². The Morgan fingerprint density at radius 2 is 1.00 bits per heavy atom. The number of nitrogen functional groups attached to an aromatic ring is 1. The third-order valence-corrected chi connectivity index (χ3v) is 7.34. The Hall–Kier alpha value is -5.50. The lowest BCUT2D eigenvalue weighted by Crippen LogP contribution is -2.07. The molecule has 0 amide bonds. The summed E-state index contributed by atoms with van der Waals surface area (Å²) in [4.78, 5) is 8.44. The van der Waals surface area contributed by atoms with Gasteiger partial charge in [0.15, 0.2) is 11.6 Å². The van der Waals surface area contributed by atoms with Gasteiger partial charge in [-0.15, -0.1) is 20.4 Å². The third-order valence-electron chi connectivity index (χ3n) is 6.83. The van der Waals surface area contributed by atoms with E-state index >= 15 is 0 Å². The molecule has 2 aromatic carbocycles. The number of nitrogens with two attached hydrogens (primary N) is 1. The van der Waals surface area contributed by atoms with E-state index in [0.29, 0.717) is 45.1 Å². The first kappa shape index (κ1) is 31.9. The molecule has 6 aromatic rings. The molecule has 236 valence electrons. The van der Waals surface area contributed by atoms with Gasteiger partial charge in [0, 0.05) is 35.9 Å². The van der Waals surface area contributed by atoms with Gasteiger partial charge in [-0.25, -0.2) is 0 Å².